The van der Waals surface area contributed by atoms with Crippen LogP contribution in [0.2, 0.25) is 0 Å². The molecule has 110 valence electrons. The van der Waals surface area contributed by atoms with Crippen LogP contribution in [-0.2, 0) is 6.54 Å². The fourth-order valence-electron chi connectivity index (χ4n) is 2.84. The van der Waals surface area contributed by atoms with Gasteiger partial charge in [0.2, 0.25) is 0 Å². The summed E-state index contributed by atoms with van der Waals surface area (Å²) in [6, 6.07) is 8.67. The van der Waals surface area contributed by atoms with Gasteiger partial charge in [-0.1, -0.05) is 12.1 Å². The Morgan fingerprint density at radius 1 is 1.20 bits per heavy atom. The highest BCUT2D eigenvalue weighted by Crippen LogP contribution is 2.20. The molecule has 0 aromatic heterocycles. The second-order valence-electron chi connectivity index (χ2n) is 5.60. The van der Waals surface area contributed by atoms with Crippen molar-refractivity contribution in [2.45, 2.75) is 25.5 Å². The lowest BCUT2D eigenvalue weighted by molar-refractivity contribution is 0.162. The lowest BCUT2D eigenvalue weighted by atomic mass is 10.1. The smallest absolute Gasteiger partial charge is 0.120 e. The van der Waals surface area contributed by atoms with Gasteiger partial charge in [-0.05, 0) is 43.6 Å². The second-order valence-corrected chi connectivity index (χ2v) is 6.83. The minimum atomic E-state index is 0.387. The van der Waals surface area contributed by atoms with Crippen LogP contribution in [0.25, 0.3) is 0 Å². The van der Waals surface area contributed by atoms with E-state index in [1.165, 1.54) is 30.2 Å². The van der Waals surface area contributed by atoms with Crippen LogP contribution in [-0.4, -0.2) is 48.7 Å². The number of ether oxygens (including phenoxy) is 1. The summed E-state index contributed by atoms with van der Waals surface area (Å²) in [5.41, 5.74) is 1.38. The first-order valence-electron chi connectivity index (χ1n) is 7.66. The van der Waals surface area contributed by atoms with Crippen LogP contribution < -0.4 is 10.1 Å². The molecule has 0 atom stereocenters. The minimum absolute atomic E-state index is 0.387. The molecule has 2 aliphatic heterocycles. The SMILES string of the molecule is c1cc(CN2CCSCC2)cc(OC2CCNCC2)c1. The zero-order chi connectivity index (χ0) is 13.6. The Kier molecular flexibility index (Phi) is 5.23. The van der Waals surface area contributed by atoms with Crippen LogP contribution in [0.1, 0.15) is 18.4 Å². The summed E-state index contributed by atoms with van der Waals surface area (Å²) in [5.74, 6) is 3.58. The molecule has 20 heavy (non-hydrogen) atoms. The molecule has 2 aliphatic rings. The zero-order valence-corrected chi connectivity index (χ0v) is 12.8. The van der Waals surface area contributed by atoms with Crippen LogP contribution >= 0.6 is 11.8 Å². The van der Waals surface area contributed by atoms with Gasteiger partial charge in [-0.3, -0.25) is 4.90 Å². The molecule has 3 nitrogen and oxygen atoms in total. The molecule has 1 N–H and O–H groups in total. The molecule has 1 aromatic rings. The van der Waals surface area contributed by atoms with Crippen molar-refractivity contribution in [2.75, 3.05) is 37.7 Å². The molecule has 4 heteroatoms. The van der Waals surface area contributed by atoms with E-state index in [1.807, 2.05) is 0 Å². The third-order valence-corrected chi connectivity index (χ3v) is 4.94. The quantitative estimate of drug-likeness (QED) is 0.921. The molecule has 3 rings (SSSR count). The summed E-state index contributed by atoms with van der Waals surface area (Å²) >= 11 is 2.06. The molecule has 0 radical (unpaired) electrons. The summed E-state index contributed by atoms with van der Waals surface area (Å²) < 4.78 is 6.12. The number of piperidine rings is 1. The first kappa shape index (κ1) is 14.2. The molecule has 0 unspecified atom stereocenters. The zero-order valence-electron chi connectivity index (χ0n) is 12.0. The monoisotopic (exact) mass is 292 g/mol. The molecule has 0 bridgehead atoms. The predicted molar refractivity (Wildman–Crippen MR) is 85.6 cm³/mol. The maximum atomic E-state index is 6.12. The van der Waals surface area contributed by atoms with E-state index in [0.717, 1.165) is 38.2 Å². The summed E-state index contributed by atoms with van der Waals surface area (Å²) in [7, 11) is 0. The number of hydrogen-bond donors (Lipinski definition) is 1. The fraction of sp³-hybridized carbons (Fsp3) is 0.625. The Morgan fingerprint density at radius 2 is 2.00 bits per heavy atom. The highest BCUT2D eigenvalue weighted by atomic mass is 32.2. The minimum Gasteiger partial charge on any atom is -0.490 e. The Morgan fingerprint density at radius 3 is 2.80 bits per heavy atom. The van der Waals surface area contributed by atoms with Crippen LogP contribution in [0, 0.1) is 0 Å². The summed E-state index contributed by atoms with van der Waals surface area (Å²) in [6.45, 7) is 5.64. The van der Waals surface area contributed by atoms with Crippen LogP contribution in [0.4, 0.5) is 0 Å². The summed E-state index contributed by atoms with van der Waals surface area (Å²) in [5, 5.41) is 3.38. The first-order valence-corrected chi connectivity index (χ1v) is 8.82. The van der Waals surface area contributed by atoms with E-state index in [4.69, 9.17) is 4.74 Å². The topological polar surface area (TPSA) is 24.5 Å². The summed E-state index contributed by atoms with van der Waals surface area (Å²) in [4.78, 5) is 2.54. The Labute approximate surface area is 126 Å². The van der Waals surface area contributed by atoms with Gasteiger partial charge >= 0.3 is 0 Å². The van der Waals surface area contributed by atoms with Crippen molar-refractivity contribution in [1.82, 2.24) is 10.2 Å². The molecule has 2 saturated heterocycles. The van der Waals surface area contributed by atoms with E-state index in [2.05, 4.69) is 46.2 Å². The van der Waals surface area contributed by atoms with Gasteiger partial charge in [-0.2, -0.15) is 11.8 Å². The normalized spacial score (nSPS) is 21.8. The van der Waals surface area contributed by atoms with Crippen LogP contribution in [0.3, 0.4) is 0 Å². The van der Waals surface area contributed by atoms with E-state index in [1.54, 1.807) is 0 Å². The van der Waals surface area contributed by atoms with Crippen molar-refractivity contribution in [1.29, 1.82) is 0 Å². The maximum Gasteiger partial charge on any atom is 0.120 e. The van der Waals surface area contributed by atoms with Crippen molar-refractivity contribution < 1.29 is 4.74 Å². The van der Waals surface area contributed by atoms with Crippen molar-refractivity contribution in [3.63, 3.8) is 0 Å². The molecule has 0 amide bonds. The lowest BCUT2D eigenvalue weighted by Gasteiger charge is -2.27. The van der Waals surface area contributed by atoms with E-state index in [-0.39, 0.29) is 0 Å². The molecule has 0 spiro atoms. The standard InChI is InChI=1S/C16H24N2OS/c1-2-14(13-18-8-10-20-11-9-18)12-16(3-1)19-15-4-6-17-7-5-15/h1-3,12,15,17H,4-11,13H2. The third kappa shape index (κ3) is 4.14. The molecule has 0 aliphatic carbocycles. The molecule has 2 fully saturated rings. The van der Waals surface area contributed by atoms with Crippen molar-refractivity contribution in [3.05, 3.63) is 29.8 Å². The van der Waals surface area contributed by atoms with Gasteiger partial charge in [0.1, 0.15) is 11.9 Å². The molecular weight excluding hydrogens is 268 g/mol. The lowest BCUT2D eigenvalue weighted by Crippen LogP contribution is -2.34. The van der Waals surface area contributed by atoms with Crippen LogP contribution in [0.15, 0.2) is 24.3 Å². The fourth-order valence-corrected chi connectivity index (χ4v) is 3.82. The molecule has 1 aromatic carbocycles. The Hall–Kier alpha value is -0.710. The van der Waals surface area contributed by atoms with Gasteiger partial charge in [-0.15, -0.1) is 0 Å². The number of thioether (sulfide) groups is 1. The Bertz CT molecular complexity index is 379. The van der Waals surface area contributed by atoms with E-state index >= 15 is 0 Å². The number of hydrogen-bond acceptors (Lipinski definition) is 4. The molecular formula is C16H24N2OS. The number of nitrogens with zero attached hydrogens (tertiary/aromatic N) is 1. The Balaban J connectivity index is 1.57. The van der Waals surface area contributed by atoms with Crippen LogP contribution in [0.5, 0.6) is 5.75 Å². The number of rotatable bonds is 4. The van der Waals surface area contributed by atoms with E-state index in [9.17, 15) is 0 Å². The van der Waals surface area contributed by atoms with Crippen molar-refractivity contribution in [3.8, 4) is 5.75 Å². The van der Waals surface area contributed by atoms with Gasteiger partial charge in [0.15, 0.2) is 0 Å². The van der Waals surface area contributed by atoms with Gasteiger partial charge in [0.25, 0.3) is 0 Å². The highest BCUT2D eigenvalue weighted by molar-refractivity contribution is 7.99. The average Bonchev–Trinajstić information content (AvgIpc) is 2.50. The maximum absolute atomic E-state index is 6.12. The third-order valence-electron chi connectivity index (χ3n) is 4.00. The second kappa shape index (κ2) is 7.34. The van der Waals surface area contributed by atoms with Crippen molar-refractivity contribution in [2.24, 2.45) is 0 Å². The van der Waals surface area contributed by atoms with Crippen molar-refractivity contribution >= 4 is 11.8 Å². The van der Waals surface area contributed by atoms with Gasteiger partial charge in [0, 0.05) is 31.1 Å². The van der Waals surface area contributed by atoms with Gasteiger partial charge in [0.05, 0.1) is 0 Å². The van der Waals surface area contributed by atoms with Gasteiger partial charge in [-0.25, -0.2) is 0 Å². The predicted octanol–water partition coefficient (Wildman–Crippen LogP) is 2.37. The highest BCUT2D eigenvalue weighted by Gasteiger charge is 2.15. The number of nitrogens with one attached hydrogen (secondary N) is 1. The van der Waals surface area contributed by atoms with E-state index in [0.29, 0.717) is 6.10 Å². The van der Waals surface area contributed by atoms with Gasteiger partial charge < -0.3 is 10.1 Å². The first-order chi connectivity index (χ1) is 9.90. The summed E-state index contributed by atoms with van der Waals surface area (Å²) in [6.07, 6.45) is 2.62. The molecule has 2 heterocycles. The van der Waals surface area contributed by atoms with E-state index < -0.39 is 0 Å². The number of benzene rings is 1. The largest absolute Gasteiger partial charge is 0.490 e. The average molecular weight is 292 g/mol. The molecule has 0 saturated carbocycles.